The van der Waals surface area contributed by atoms with E-state index >= 15 is 0 Å². The van der Waals surface area contributed by atoms with Gasteiger partial charge in [-0.25, -0.2) is 0 Å². The molecule has 0 spiro atoms. The molecule has 0 unspecified atom stereocenters. The number of carboxylic acid groups (broad SMARTS) is 1. The van der Waals surface area contributed by atoms with Crippen LogP contribution in [0, 0.1) is 0 Å². The molecule has 20 heavy (non-hydrogen) atoms. The molecule has 1 rings (SSSR count). The number of nitrogens with zero attached hydrogens (tertiary/aromatic N) is 1. The molecule has 0 radical (unpaired) electrons. The van der Waals surface area contributed by atoms with E-state index in [1.165, 1.54) is 0 Å². The Kier molecular flexibility index (Phi) is 6.73. The van der Waals surface area contributed by atoms with Gasteiger partial charge < -0.3 is 14.7 Å². The summed E-state index contributed by atoms with van der Waals surface area (Å²) in [5.74, 6) is -1.05. The smallest absolute Gasteiger partial charge is 0.307 e. The van der Waals surface area contributed by atoms with Gasteiger partial charge in [0.15, 0.2) is 0 Å². The average Bonchev–Trinajstić information content (AvgIpc) is 2.38. The second-order valence-electron chi connectivity index (χ2n) is 4.63. The molecule has 0 atom stereocenters. The molecule has 0 saturated heterocycles. The van der Waals surface area contributed by atoms with Crippen molar-refractivity contribution in [1.82, 2.24) is 4.90 Å². The predicted molar refractivity (Wildman–Crippen MR) is 75.4 cm³/mol. The van der Waals surface area contributed by atoms with E-state index in [4.69, 9.17) is 9.84 Å². The van der Waals surface area contributed by atoms with Gasteiger partial charge in [0.25, 0.3) is 0 Å². The molecule has 0 amide bonds. The quantitative estimate of drug-likeness (QED) is 0.734. The van der Waals surface area contributed by atoms with Crippen LogP contribution in [0.1, 0.15) is 24.5 Å². The van der Waals surface area contributed by atoms with E-state index in [1.807, 2.05) is 36.2 Å². The third-order valence-electron chi connectivity index (χ3n) is 2.90. The summed E-state index contributed by atoms with van der Waals surface area (Å²) in [6.07, 6.45) is 0.354. The van der Waals surface area contributed by atoms with E-state index in [2.05, 4.69) is 0 Å². The van der Waals surface area contributed by atoms with Crippen LogP contribution in [0.2, 0.25) is 0 Å². The first-order chi connectivity index (χ1) is 9.52. The highest BCUT2D eigenvalue weighted by Crippen LogP contribution is 2.12. The zero-order valence-corrected chi connectivity index (χ0v) is 12.0. The first kappa shape index (κ1) is 16.2. The van der Waals surface area contributed by atoms with Crippen molar-refractivity contribution in [3.63, 3.8) is 0 Å². The largest absolute Gasteiger partial charge is 0.481 e. The predicted octanol–water partition coefficient (Wildman–Crippen LogP) is 1.70. The molecular formula is C15H21NO4. The highest BCUT2D eigenvalue weighted by atomic mass is 16.5. The fourth-order valence-corrected chi connectivity index (χ4v) is 1.93. The number of hydrogen-bond acceptors (Lipinski definition) is 4. The number of ether oxygens (including phenoxy) is 1. The minimum atomic E-state index is -0.841. The highest BCUT2D eigenvalue weighted by Gasteiger charge is 2.10. The maximum atomic E-state index is 11.3. The molecule has 0 fully saturated rings. The molecule has 1 aromatic carbocycles. The van der Waals surface area contributed by atoms with Crippen molar-refractivity contribution in [2.45, 2.75) is 26.3 Å². The summed E-state index contributed by atoms with van der Waals surface area (Å²) in [7, 11) is 1.90. The van der Waals surface area contributed by atoms with Gasteiger partial charge >= 0.3 is 11.9 Å². The Hall–Kier alpha value is -1.88. The molecule has 5 nitrogen and oxygen atoms in total. The van der Waals surface area contributed by atoms with Crippen LogP contribution in [0.15, 0.2) is 24.3 Å². The Bertz CT molecular complexity index is 459. The molecule has 0 aromatic heterocycles. The summed E-state index contributed by atoms with van der Waals surface area (Å²) in [6, 6.07) is 7.46. The number of hydrogen-bond donors (Lipinski definition) is 1. The van der Waals surface area contributed by atoms with Gasteiger partial charge in [-0.3, -0.25) is 9.59 Å². The molecule has 0 saturated carbocycles. The van der Waals surface area contributed by atoms with Crippen molar-refractivity contribution < 1.29 is 19.4 Å². The lowest BCUT2D eigenvalue weighted by molar-refractivity contribution is -0.143. The minimum Gasteiger partial charge on any atom is -0.481 e. The van der Waals surface area contributed by atoms with Crippen molar-refractivity contribution in [2.75, 3.05) is 20.2 Å². The van der Waals surface area contributed by atoms with Gasteiger partial charge in [-0.2, -0.15) is 0 Å². The molecule has 1 aromatic rings. The fraction of sp³-hybridized carbons (Fsp3) is 0.467. The molecule has 0 bridgehead atoms. The molecule has 0 aliphatic carbocycles. The SMILES string of the molecule is CCOC(=O)CCN(C)Cc1ccccc1CC(=O)O. The van der Waals surface area contributed by atoms with Crippen LogP contribution < -0.4 is 0 Å². The van der Waals surface area contributed by atoms with Crippen molar-refractivity contribution in [3.8, 4) is 0 Å². The van der Waals surface area contributed by atoms with Gasteiger partial charge in [0.1, 0.15) is 0 Å². The Morgan fingerprint density at radius 3 is 2.50 bits per heavy atom. The monoisotopic (exact) mass is 279 g/mol. The maximum Gasteiger partial charge on any atom is 0.307 e. The number of rotatable bonds is 8. The summed E-state index contributed by atoms with van der Waals surface area (Å²) in [4.78, 5) is 24.1. The molecule has 0 aliphatic heterocycles. The lowest BCUT2D eigenvalue weighted by Gasteiger charge is -2.18. The van der Waals surface area contributed by atoms with Crippen LogP contribution in [-0.4, -0.2) is 42.1 Å². The number of carbonyl (C=O) groups excluding carboxylic acids is 1. The summed E-state index contributed by atoms with van der Waals surface area (Å²) >= 11 is 0. The van der Waals surface area contributed by atoms with Crippen LogP contribution in [-0.2, 0) is 27.3 Å². The Balaban J connectivity index is 2.55. The number of carbonyl (C=O) groups is 2. The van der Waals surface area contributed by atoms with Crippen LogP contribution in [0.4, 0.5) is 0 Å². The maximum absolute atomic E-state index is 11.3. The summed E-state index contributed by atoms with van der Waals surface area (Å²) in [5.41, 5.74) is 1.78. The van der Waals surface area contributed by atoms with Crippen molar-refractivity contribution in [3.05, 3.63) is 35.4 Å². The summed E-state index contributed by atoms with van der Waals surface area (Å²) in [6.45, 7) is 3.37. The molecular weight excluding hydrogens is 258 g/mol. The fourth-order valence-electron chi connectivity index (χ4n) is 1.93. The molecule has 0 heterocycles. The van der Waals surface area contributed by atoms with Crippen molar-refractivity contribution in [2.24, 2.45) is 0 Å². The topological polar surface area (TPSA) is 66.8 Å². The first-order valence-corrected chi connectivity index (χ1v) is 6.65. The zero-order chi connectivity index (χ0) is 15.0. The molecule has 5 heteroatoms. The number of benzene rings is 1. The van der Waals surface area contributed by atoms with Crippen molar-refractivity contribution >= 4 is 11.9 Å². The van der Waals surface area contributed by atoms with Crippen LogP contribution in [0.5, 0.6) is 0 Å². The molecule has 110 valence electrons. The summed E-state index contributed by atoms with van der Waals surface area (Å²) in [5, 5.41) is 8.89. The Morgan fingerprint density at radius 1 is 1.25 bits per heavy atom. The second kappa shape index (κ2) is 8.32. The summed E-state index contributed by atoms with van der Waals surface area (Å²) < 4.78 is 4.88. The van der Waals surface area contributed by atoms with Crippen molar-refractivity contribution in [1.29, 1.82) is 0 Å². The van der Waals surface area contributed by atoms with E-state index in [-0.39, 0.29) is 12.4 Å². The Labute approximate surface area is 119 Å². The Morgan fingerprint density at radius 2 is 1.90 bits per heavy atom. The van der Waals surface area contributed by atoms with E-state index in [9.17, 15) is 9.59 Å². The van der Waals surface area contributed by atoms with Gasteiger partial charge in [0, 0.05) is 13.1 Å². The van der Waals surface area contributed by atoms with Gasteiger partial charge in [-0.15, -0.1) is 0 Å². The lowest BCUT2D eigenvalue weighted by Crippen LogP contribution is -2.23. The highest BCUT2D eigenvalue weighted by molar-refractivity contribution is 5.70. The van der Waals surface area contributed by atoms with E-state index < -0.39 is 5.97 Å². The average molecular weight is 279 g/mol. The molecule has 0 aliphatic rings. The first-order valence-electron chi connectivity index (χ1n) is 6.65. The van der Waals surface area contributed by atoms with E-state index in [0.717, 1.165) is 11.1 Å². The normalized spacial score (nSPS) is 10.6. The van der Waals surface area contributed by atoms with Gasteiger partial charge in [-0.1, -0.05) is 24.3 Å². The third kappa shape index (κ3) is 5.84. The van der Waals surface area contributed by atoms with Crippen LogP contribution in [0.3, 0.4) is 0 Å². The number of aliphatic carboxylic acids is 1. The van der Waals surface area contributed by atoms with Gasteiger partial charge in [0.05, 0.1) is 19.4 Å². The van der Waals surface area contributed by atoms with E-state index in [0.29, 0.717) is 26.1 Å². The van der Waals surface area contributed by atoms with Gasteiger partial charge in [-0.05, 0) is 25.1 Å². The zero-order valence-electron chi connectivity index (χ0n) is 12.0. The number of carboxylic acids is 1. The van der Waals surface area contributed by atoms with Crippen LogP contribution in [0.25, 0.3) is 0 Å². The third-order valence-corrected chi connectivity index (χ3v) is 2.90. The number of esters is 1. The van der Waals surface area contributed by atoms with E-state index in [1.54, 1.807) is 6.92 Å². The van der Waals surface area contributed by atoms with Crippen LogP contribution >= 0.6 is 0 Å². The lowest BCUT2D eigenvalue weighted by atomic mass is 10.0. The molecule has 1 N–H and O–H groups in total. The standard InChI is InChI=1S/C15H21NO4/c1-3-20-15(19)8-9-16(2)11-13-7-5-4-6-12(13)10-14(17)18/h4-7H,3,8-11H2,1-2H3,(H,17,18). The van der Waals surface area contributed by atoms with Gasteiger partial charge in [0.2, 0.25) is 0 Å². The second-order valence-corrected chi connectivity index (χ2v) is 4.63. The minimum absolute atomic E-state index is 0.0158.